The second-order valence-corrected chi connectivity index (χ2v) is 13.1. The van der Waals surface area contributed by atoms with E-state index < -0.39 is 40.8 Å². The lowest BCUT2D eigenvalue weighted by Crippen LogP contribution is -2.36. The average Bonchev–Trinajstić information content (AvgIpc) is 4.12. The Morgan fingerprint density at radius 2 is 1.53 bits per heavy atom. The van der Waals surface area contributed by atoms with Gasteiger partial charge in [0.05, 0.1) is 25.4 Å². The van der Waals surface area contributed by atoms with E-state index in [1.165, 1.54) is 36.4 Å². The zero-order chi connectivity index (χ0) is 38.7. The van der Waals surface area contributed by atoms with Crippen LogP contribution < -0.4 is 29.6 Å². The molecule has 15 heteroatoms. The molecule has 12 nitrogen and oxygen atoms in total. The van der Waals surface area contributed by atoms with Gasteiger partial charge in [-0.2, -0.15) is 0 Å². The molecule has 2 N–H and O–H groups in total. The number of anilines is 2. The number of carbonyl (C=O) groups excluding carboxylic acids is 3. The summed E-state index contributed by atoms with van der Waals surface area (Å²) in [6.07, 6.45) is 3.03. The van der Waals surface area contributed by atoms with Crippen LogP contribution in [0.2, 0.25) is 0 Å². The van der Waals surface area contributed by atoms with Crippen molar-refractivity contribution in [2.45, 2.75) is 38.3 Å². The number of halogens is 3. The van der Waals surface area contributed by atoms with Crippen LogP contribution in [0.15, 0.2) is 85.1 Å². The van der Waals surface area contributed by atoms with Gasteiger partial charge in [-0.3, -0.25) is 19.5 Å². The summed E-state index contributed by atoms with van der Waals surface area (Å²) in [6, 6.07) is 18.8. The van der Waals surface area contributed by atoms with Crippen LogP contribution in [0, 0.1) is 22.9 Å². The molecule has 3 amide bonds. The van der Waals surface area contributed by atoms with Gasteiger partial charge in [-0.25, -0.2) is 18.0 Å². The number of hydrogen-bond acceptors (Lipinski definition) is 9. The van der Waals surface area contributed by atoms with Crippen LogP contribution in [-0.4, -0.2) is 54.8 Å². The van der Waals surface area contributed by atoms with Crippen molar-refractivity contribution in [3.8, 4) is 28.7 Å². The van der Waals surface area contributed by atoms with Crippen LogP contribution in [-0.2, 0) is 20.9 Å². The van der Waals surface area contributed by atoms with Gasteiger partial charge in [0.1, 0.15) is 35.1 Å². The molecule has 55 heavy (non-hydrogen) atoms. The second kappa shape index (κ2) is 15.5. The maximum atomic E-state index is 15.3. The van der Waals surface area contributed by atoms with E-state index in [0.29, 0.717) is 33.9 Å². The number of rotatable bonds is 14. The summed E-state index contributed by atoms with van der Waals surface area (Å²) >= 11 is 0. The highest BCUT2D eigenvalue weighted by Gasteiger charge is 2.56. The Hall–Kier alpha value is -6.51. The molecule has 2 fully saturated rings. The van der Waals surface area contributed by atoms with E-state index in [0.717, 1.165) is 36.6 Å². The molecular weight excluding hydrogens is 721 g/mol. The Morgan fingerprint density at radius 3 is 2.20 bits per heavy atom. The molecule has 0 unspecified atom stereocenters. The van der Waals surface area contributed by atoms with Gasteiger partial charge in [0.2, 0.25) is 11.8 Å². The first-order chi connectivity index (χ1) is 26.6. The first-order valence-electron chi connectivity index (χ1n) is 17.3. The number of fused-ring (bicyclic) bond motifs is 1. The summed E-state index contributed by atoms with van der Waals surface area (Å²) in [5, 5.41) is 5.40. The van der Waals surface area contributed by atoms with Crippen molar-refractivity contribution in [1.82, 2.24) is 9.88 Å². The van der Waals surface area contributed by atoms with E-state index in [-0.39, 0.29) is 49.3 Å². The lowest BCUT2D eigenvalue weighted by Gasteiger charge is -2.23. The van der Waals surface area contributed by atoms with E-state index in [9.17, 15) is 23.2 Å². The third-order valence-corrected chi connectivity index (χ3v) is 9.30. The number of ether oxygens (including phenoxy) is 5. The number of benzene rings is 4. The molecule has 1 heterocycles. The Morgan fingerprint density at radius 1 is 0.782 bits per heavy atom. The number of carbonyl (C=O) groups is 3. The molecule has 2 aliphatic rings. The predicted octanol–water partition coefficient (Wildman–Crippen LogP) is 7.96. The summed E-state index contributed by atoms with van der Waals surface area (Å²) in [6.45, 7) is -0.00474. The molecule has 284 valence electrons. The number of nitrogens with zero attached hydrogens (tertiary/aromatic N) is 2. The summed E-state index contributed by atoms with van der Waals surface area (Å²) in [5.74, 6) is -2.72. The van der Waals surface area contributed by atoms with E-state index in [1.54, 1.807) is 37.4 Å². The number of pyridine rings is 1. The zero-order valence-electron chi connectivity index (χ0n) is 29.7. The SMILES string of the molecule is COc1ccc(COC(=O)N(COc2cc3nccc(Oc4ccc(NC(=O)C5(C(=O)Nc6ccc(F)c(F)c6)CC5)c(F)c4)c3cc2OC)C2CC2)cc1. The van der Waals surface area contributed by atoms with Crippen LogP contribution in [0.1, 0.15) is 31.2 Å². The molecule has 4 aromatic carbocycles. The second-order valence-electron chi connectivity index (χ2n) is 13.1. The minimum Gasteiger partial charge on any atom is -0.497 e. The molecule has 0 atom stereocenters. The molecule has 0 spiro atoms. The van der Waals surface area contributed by atoms with Crippen molar-refractivity contribution < 1.29 is 51.2 Å². The molecule has 2 saturated carbocycles. The van der Waals surface area contributed by atoms with E-state index in [2.05, 4.69) is 15.6 Å². The van der Waals surface area contributed by atoms with Crippen LogP contribution in [0.25, 0.3) is 10.9 Å². The molecular formula is C40H35F3N4O8. The predicted molar refractivity (Wildman–Crippen MR) is 194 cm³/mol. The van der Waals surface area contributed by atoms with Crippen molar-refractivity contribution >= 4 is 40.2 Å². The van der Waals surface area contributed by atoms with Gasteiger partial charge in [0, 0.05) is 41.5 Å². The van der Waals surface area contributed by atoms with Gasteiger partial charge >= 0.3 is 6.09 Å². The maximum absolute atomic E-state index is 15.3. The summed E-state index contributed by atoms with van der Waals surface area (Å²) < 4.78 is 70.7. The average molecular weight is 757 g/mol. The lowest BCUT2D eigenvalue weighted by molar-refractivity contribution is -0.131. The highest BCUT2D eigenvalue weighted by Crippen LogP contribution is 2.48. The quantitative estimate of drug-likeness (QED) is 0.0854. The standard InChI is InChI=1S/C40H35F3N4O8/c1-51-26-8-3-23(4-9-26)21-53-39(50)47(25-6-7-25)22-54-36-20-33-28(19-35(36)52-2)34(13-16-44-33)55-27-10-12-32(31(43)18-27)46-38(49)40(14-15-40)37(48)45-24-5-11-29(41)30(42)17-24/h3-5,8-13,16-20,25H,6-7,14-15,21-22H2,1-2H3,(H,45,48)(H,46,49). The highest BCUT2D eigenvalue weighted by molar-refractivity contribution is 6.17. The van der Waals surface area contributed by atoms with Crippen LogP contribution in [0.4, 0.5) is 29.3 Å². The maximum Gasteiger partial charge on any atom is 0.413 e. The fourth-order valence-corrected chi connectivity index (χ4v) is 5.81. The van der Waals surface area contributed by atoms with Gasteiger partial charge in [0.25, 0.3) is 0 Å². The first-order valence-corrected chi connectivity index (χ1v) is 17.3. The summed E-state index contributed by atoms with van der Waals surface area (Å²) in [4.78, 5) is 45.0. The molecule has 0 bridgehead atoms. The fourth-order valence-electron chi connectivity index (χ4n) is 5.81. The van der Waals surface area contributed by atoms with E-state index >= 15 is 4.39 Å². The number of amides is 3. The molecule has 5 aromatic rings. The first kappa shape index (κ1) is 36.8. The zero-order valence-corrected chi connectivity index (χ0v) is 29.7. The minimum atomic E-state index is -1.48. The van der Waals surface area contributed by atoms with Gasteiger partial charge in [-0.15, -0.1) is 0 Å². The van der Waals surface area contributed by atoms with Gasteiger partial charge in [-0.05, 0) is 79.8 Å². The highest BCUT2D eigenvalue weighted by atomic mass is 19.2. The molecule has 0 aliphatic heterocycles. The Bertz CT molecular complexity index is 2260. The van der Waals surface area contributed by atoms with E-state index in [1.807, 2.05) is 12.1 Å². The molecule has 0 saturated heterocycles. The third kappa shape index (κ3) is 8.20. The topological polar surface area (TPSA) is 138 Å². The van der Waals surface area contributed by atoms with Crippen molar-refractivity contribution in [3.05, 3.63) is 108 Å². The number of methoxy groups -OCH3 is 2. The van der Waals surface area contributed by atoms with E-state index in [4.69, 9.17) is 23.7 Å². The van der Waals surface area contributed by atoms with Gasteiger partial charge in [-0.1, -0.05) is 12.1 Å². The summed E-state index contributed by atoms with van der Waals surface area (Å²) in [5.41, 5.74) is -0.405. The van der Waals surface area contributed by atoms with Gasteiger partial charge < -0.3 is 34.3 Å². The minimum absolute atomic E-state index is 0.0117. The van der Waals surface area contributed by atoms with Crippen LogP contribution >= 0.6 is 0 Å². The van der Waals surface area contributed by atoms with Crippen LogP contribution in [0.5, 0.6) is 28.7 Å². The molecule has 1 aromatic heterocycles. The fraction of sp³-hybridized carbons (Fsp3) is 0.250. The molecule has 7 rings (SSSR count). The Labute approximate surface area is 313 Å². The Balaban J connectivity index is 0.998. The number of aromatic nitrogens is 1. The van der Waals surface area contributed by atoms with Crippen molar-refractivity contribution in [2.75, 3.05) is 31.6 Å². The lowest BCUT2D eigenvalue weighted by atomic mass is 10.0. The largest absolute Gasteiger partial charge is 0.497 e. The van der Waals surface area contributed by atoms with Crippen molar-refractivity contribution in [3.63, 3.8) is 0 Å². The number of nitrogens with one attached hydrogen (secondary N) is 2. The smallest absolute Gasteiger partial charge is 0.413 e. The summed E-state index contributed by atoms with van der Waals surface area (Å²) in [7, 11) is 3.04. The molecule has 0 radical (unpaired) electrons. The van der Waals surface area contributed by atoms with Crippen molar-refractivity contribution in [2.24, 2.45) is 5.41 Å². The third-order valence-electron chi connectivity index (χ3n) is 9.30. The normalized spacial score (nSPS) is 14.1. The van der Waals surface area contributed by atoms with Crippen molar-refractivity contribution in [1.29, 1.82) is 0 Å². The Kier molecular flexibility index (Phi) is 10.4. The van der Waals surface area contributed by atoms with Crippen LogP contribution in [0.3, 0.4) is 0 Å². The molecule has 2 aliphatic carbocycles. The monoisotopic (exact) mass is 756 g/mol. The number of hydrogen-bond donors (Lipinski definition) is 2. The van der Waals surface area contributed by atoms with Gasteiger partial charge in [0.15, 0.2) is 29.9 Å².